The van der Waals surface area contributed by atoms with Crippen molar-refractivity contribution in [1.29, 1.82) is 0 Å². The predicted molar refractivity (Wildman–Crippen MR) is 75.0 cm³/mol. The maximum absolute atomic E-state index is 10.9. The van der Waals surface area contributed by atoms with E-state index in [0.29, 0.717) is 16.5 Å². The Balaban J connectivity index is 2.29. The summed E-state index contributed by atoms with van der Waals surface area (Å²) in [5.74, 6) is 0.442. The fourth-order valence-electron chi connectivity index (χ4n) is 1.57. The number of hydrogen-bond donors (Lipinski definition) is 1. The first-order valence-electron chi connectivity index (χ1n) is 5.80. The summed E-state index contributed by atoms with van der Waals surface area (Å²) in [6.45, 7) is 1.81. The molecular formula is C13H12ClN3O3. The number of nitrogens with zero attached hydrogens (tertiary/aromatic N) is 2. The molecule has 0 unspecified atom stereocenters. The van der Waals surface area contributed by atoms with Gasteiger partial charge < -0.3 is 10.5 Å². The van der Waals surface area contributed by atoms with E-state index in [1.54, 1.807) is 12.1 Å². The van der Waals surface area contributed by atoms with Crippen molar-refractivity contribution in [3.63, 3.8) is 0 Å². The van der Waals surface area contributed by atoms with Crippen LogP contribution in [0.1, 0.15) is 18.7 Å². The van der Waals surface area contributed by atoms with Crippen molar-refractivity contribution in [2.24, 2.45) is 5.73 Å². The van der Waals surface area contributed by atoms with Gasteiger partial charge in [0.2, 0.25) is 5.75 Å². The SMILES string of the molecule is C[C@H](N)c1ccc(Oc2cc(Cl)ccc2[N+](=O)[O-])cn1. The molecule has 0 saturated heterocycles. The molecule has 2 N–H and O–H groups in total. The first kappa shape index (κ1) is 14.2. The van der Waals surface area contributed by atoms with Gasteiger partial charge >= 0.3 is 5.69 Å². The Hall–Kier alpha value is -2.18. The molecule has 0 aliphatic carbocycles. The minimum atomic E-state index is -0.532. The van der Waals surface area contributed by atoms with Crippen molar-refractivity contribution in [3.05, 3.63) is 57.4 Å². The Labute approximate surface area is 120 Å². The summed E-state index contributed by atoms with van der Waals surface area (Å²) >= 11 is 5.82. The number of pyridine rings is 1. The van der Waals surface area contributed by atoms with Gasteiger partial charge in [0.25, 0.3) is 0 Å². The van der Waals surface area contributed by atoms with Gasteiger partial charge in [-0.25, -0.2) is 0 Å². The second-order valence-corrected chi connectivity index (χ2v) is 4.62. The average Bonchev–Trinajstić information content (AvgIpc) is 2.39. The number of nitro groups is 1. The van der Waals surface area contributed by atoms with Crippen LogP contribution in [0.5, 0.6) is 11.5 Å². The summed E-state index contributed by atoms with van der Waals surface area (Å²) < 4.78 is 5.46. The molecule has 0 bridgehead atoms. The molecule has 0 saturated carbocycles. The Morgan fingerprint density at radius 2 is 2.15 bits per heavy atom. The molecule has 2 aromatic rings. The molecule has 104 valence electrons. The van der Waals surface area contributed by atoms with Gasteiger partial charge in [-0.15, -0.1) is 0 Å². The van der Waals surface area contributed by atoms with Crippen molar-refractivity contribution in [2.75, 3.05) is 0 Å². The number of aromatic nitrogens is 1. The topological polar surface area (TPSA) is 91.3 Å². The second-order valence-electron chi connectivity index (χ2n) is 4.18. The van der Waals surface area contributed by atoms with Crippen LogP contribution in [0.4, 0.5) is 5.69 Å². The lowest BCUT2D eigenvalue weighted by Crippen LogP contribution is -2.06. The van der Waals surface area contributed by atoms with Gasteiger partial charge in [-0.3, -0.25) is 15.1 Å². The molecule has 1 aromatic carbocycles. The molecule has 0 spiro atoms. The van der Waals surface area contributed by atoms with Crippen LogP contribution in [0.3, 0.4) is 0 Å². The van der Waals surface area contributed by atoms with E-state index >= 15 is 0 Å². The Morgan fingerprint density at radius 1 is 1.40 bits per heavy atom. The highest BCUT2D eigenvalue weighted by molar-refractivity contribution is 6.30. The van der Waals surface area contributed by atoms with E-state index in [-0.39, 0.29) is 17.5 Å². The maximum Gasteiger partial charge on any atom is 0.311 e. The molecule has 0 fully saturated rings. The first-order chi connectivity index (χ1) is 9.47. The zero-order valence-electron chi connectivity index (χ0n) is 10.6. The predicted octanol–water partition coefficient (Wildman–Crippen LogP) is 3.46. The molecule has 20 heavy (non-hydrogen) atoms. The standard InChI is InChI=1S/C13H12ClN3O3/c1-8(15)11-4-3-10(7-16-11)20-13-6-9(14)2-5-12(13)17(18)19/h2-8H,15H2,1H3/t8-/m0/s1. The van der Waals surface area contributed by atoms with Gasteiger partial charge in [-0.05, 0) is 25.1 Å². The summed E-state index contributed by atoms with van der Waals surface area (Å²) in [6.07, 6.45) is 1.46. The summed E-state index contributed by atoms with van der Waals surface area (Å²) in [4.78, 5) is 14.5. The van der Waals surface area contributed by atoms with Crippen LogP contribution >= 0.6 is 11.6 Å². The zero-order chi connectivity index (χ0) is 14.7. The van der Waals surface area contributed by atoms with E-state index in [4.69, 9.17) is 22.1 Å². The van der Waals surface area contributed by atoms with Gasteiger partial charge in [0.15, 0.2) is 0 Å². The van der Waals surface area contributed by atoms with Gasteiger partial charge in [-0.1, -0.05) is 11.6 Å². The molecule has 1 aromatic heterocycles. The number of hydrogen-bond acceptors (Lipinski definition) is 5. The van der Waals surface area contributed by atoms with Crippen molar-refractivity contribution in [2.45, 2.75) is 13.0 Å². The van der Waals surface area contributed by atoms with Gasteiger partial charge in [0.1, 0.15) is 5.75 Å². The molecule has 6 nitrogen and oxygen atoms in total. The molecule has 1 heterocycles. The van der Waals surface area contributed by atoms with E-state index in [0.717, 1.165) is 0 Å². The number of benzene rings is 1. The lowest BCUT2D eigenvalue weighted by atomic mass is 10.2. The smallest absolute Gasteiger partial charge is 0.311 e. The summed E-state index contributed by atoms with van der Waals surface area (Å²) in [6, 6.07) is 7.28. The van der Waals surface area contributed by atoms with Crippen LogP contribution in [0.15, 0.2) is 36.5 Å². The third-order valence-electron chi connectivity index (χ3n) is 2.57. The first-order valence-corrected chi connectivity index (χ1v) is 6.18. The molecule has 0 aliphatic rings. The maximum atomic E-state index is 10.9. The van der Waals surface area contributed by atoms with Crippen molar-refractivity contribution >= 4 is 17.3 Å². The average molecular weight is 294 g/mol. The molecular weight excluding hydrogens is 282 g/mol. The van der Waals surface area contributed by atoms with Crippen molar-refractivity contribution in [3.8, 4) is 11.5 Å². The van der Waals surface area contributed by atoms with E-state index in [2.05, 4.69) is 4.98 Å². The van der Waals surface area contributed by atoms with Crippen molar-refractivity contribution < 1.29 is 9.66 Å². The summed E-state index contributed by atoms with van der Waals surface area (Å²) in [5.41, 5.74) is 6.23. The van der Waals surface area contributed by atoms with E-state index in [1.807, 2.05) is 6.92 Å². The van der Waals surface area contributed by atoms with Crippen LogP contribution < -0.4 is 10.5 Å². The number of rotatable bonds is 4. The number of nitro benzene ring substituents is 1. The second kappa shape index (κ2) is 5.85. The third kappa shape index (κ3) is 3.23. The minimum absolute atomic E-state index is 0.0675. The summed E-state index contributed by atoms with van der Waals surface area (Å²) in [7, 11) is 0. The van der Waals surface area contributed by atoms with E-state index in [1.165, 1.54) is 24.4 Å². The molecule has 0 amide bonds. The van der Waals surface area contributed by atoms with Gasteiger partial charge in [0, 0.05) is 23.2 Å². The van der Waals surface area contributed by atoms with E-state index in [9.17, 15) is 10.1 Å². The number of halogens is 1. The summed E-state index contributed by atoms with van der Waals surface area (Å²) in [5, 5.41) is 11.3. The normalized spacial score (nSPS) is 11.9. The van der Waals surface area contributed by atoms with Crippen LogP contribution in [-0.4, -0.2) is 9.91 Å². The quantitative estimate of drug-likeness (QED) is 0.688. The van der Waals surface area contributed by atoms with Crippen molar-refractivity contribution in [1.82, 2.24) is 4.98 Å². The molecule has 7 heteroatoms. The fraction of sp³-hybridized carbons (Fsp3) is 0.154. The minimum Gasteiger partial charge on any atom is -0.448 e. The van der Waals surface area contributed by atoms with E-state index < -0.39 is 4.92 Å². The zero-order valence-corrected chi connectivity index (χ0v) is 11.4. The van der Waals surface area contributed by atoms with Gasteiger partial charge in [0.05, 0.1) is 16.8 Å². The highest BCUT2D eigenvalue weighted by atomic mass is 35.5. The van der Waals surface area contributed by atoms with Crippen LogP contribution in [0, 0.1) is 10.1 Å². The Morgan fingerprint density at radius 3 is 2.70 bits per heavy atom. The molecule has 1 atom stereocenters. The fourth-order valence-corrected chi connectivity index (χ4v) is 1.73. The van der Waals surface area contributed by atoms with Crippen LogP contribution in [-0.2, 0) is 0 Å². The lowest BCUT2D eigenvalue weighted by molar-refractivity contribution is -0.385. The van der Waals surface area contributed by atoms with Crippen LogP contribution in [0.2, 0.25) is 5.02 Å². The number of ether oxygens (including phenoxy) is 1. The number of nitrogens with two attached hydrogens (primary N) is 1. The largest absolute Gasteiger partial charge is 0.448 e. The Kier molecular flexibility index (Phi) is 4.16. The molecule has 0 aliphatic heterocycles. The highest BCUT2D eigenvalue weighted by Crippen LogP contribution is 2.33. The monoisotopic (exact) mass is 293 g/mol. The Bertz CT molecular complexity index is 629. The molecule has 2 rings (SSSR count). The molecule has 0 radical (unpaired) electrons. The lowest BCUT2D eigenvalue weighted by Gasteiger charge is -2.08. The highest BCUT2D eigenvalue weighted by Gasteiger charge is 2.16. The third-order valence-corrected chi connectivity index (χ3v) is 2.81. The van der Waals surface area contributed by atoms with Gasteiger partial charge in [-0.2, -0.15) is 0 Å². The van der Waals surface area contributed by atoms with Crippen LogP contribution in [0.25, 0.3) is 0 Å².